The van der Waals surface area contributed by atoms with Gasteiger partial charge >= 0.3 is 6.09 Å². The van der Waals surface area contributed by atoms with Crippen LogP contribution >= 0.6 is 0 Å². The van der Waals surface area contributed by atoms with Crippen molar-refractivity contribution in [2.75, 3.05) is 44.2 Å². The Bertz CT molecular complexity index is 1010. The van der Waals surface area contributed by atoms with Crippen molar-refractivity contribution in [3.05, 3.63) is 66.1 Å². The maximum atomic E-state index is 11.9. The molecule has 156 valence electrons. The van der Waals surface area contributed by atoms with Crippen molar-refractivity contribution in [2.24, 2.45) is 0 Å². The molecule has 0 N–H and O–H groups in total. The van der Waals surface area contributed by atoms with E-state index in [-0.39, 0.29) is 6.09 Å². The standard InChI is InChI=1S/C23H27N5O2/c1-18(19-5-4-6-21(15-19)28-13-14-30-23(28)29)26-11-9-25(10-12-26)16-20-17-27-8-3-2-7-22(27)24-20/h2-8,15,17-18H,9-14,16H2,1H3. The highest BCUT2D eigenvalue weighted by Crippen LogP contribution is 2.27. The lowest BCUT2D eigenvalue weighted by atomic mass is 10.0. The first-order valence-corrected chi connectivity index (χ1v) is 10.6. The first kappa shape index (κ1) is 19.1. The number of amides is 1. The molecule has 0 saturated carbocycles. The largest absolute Gasteiger partial charge is 0.447 e. The van der Waals surface area contributed by atoms with Crippen molar-refractivity contribution in [2.45, 2.75) is 19.5 Å². The molecule has 2 aliphatic rings. The van der Waals surface area contributed by atoms with Gasteiger partial charge in [-0.15, -0.1) is 0 Å². The predicted octanol–water partition coefficient (Wildman–Crippen LogP) is 3.17. The number of carbonyl (C=O) groups excluding carboxylic acids is 1. The molecule has 4 heterocycles. The SMILES string of the molecule is CC(c1cccc(N2CCOC2=O)c1)N1CCN(Cc2cn3ccccc3n2)CC1. The van der Waals surface area contributed by atoms with Crippen molar-refractivity contribution < 1.29 is 9.53 Å². The Labute approximate surface area is 176 Å². The van der Waals surface area contributed by atoms with Crippen molar-refractivity contribution >= 4 is 17.4 Å². The number of hydrogen-bond donors (Lipinski definition) is 0. The summed E-state index contributed by atoms with van der Waals surface area (Å²) in [6.45, 7) is 8.31. The molecular weight excluding hydrogens is 378 g/mol. The zero-order chi connectivity index (χ0) is 20.5. The number of rotatable bonds is 5. The van der Waals surface area contributed by atoms with E-state index in [9.17, 15) is 4.79 Å². The first-order chi connectivity index (χ1) is 14.7. The summed E-state index contributed by atoms with van der Waals surface area (Å²) < 4.78 is 7.16. The Kier molecular flexibility index (Phi) is 5.14. The fraction of sp³-hybridized carbons (Fsp3) is 0.391. The fourth-order valence-corrected chi connectivity index (χ4v) is 4.39. The molecule has 1 atom stereocenters. The van der Waals surface area contributed by atoms with Gasteiger partial charge in [-0.3, -0.25) is 14.7 Å². The van der Waals surface area contributed by atoms with Crippen LogP contribution in [0.25, 0.3) is 5.65 Å². The molecule has 2 saturated heterocycles. The number of anilines is 1. The maximum absolute atomic E-state index is 11.9. The van der Waals surface area contributed by atoms with Gasteiger partial charge in [-0.25, -0.2) is 9.78 Å². The van der Waals surface area contributed by atoms with Crippen molar-refractivity contribution in [1.29, 1.82) is 0 Å². The monoisotopic (exact) mass is 405 g/mol. The average Bonchev–Trinajstić information content (AvgIpc) is 3.39. The summed E-state index contributed by atoms with van der Waals surface area (Å²) in [5.74, 6) is 0. The lowest BCUT2D eigenvalue weighted by Crippen LogP contribution is -2.46. The molecule has 7 nitrogen and oxygen atoms in total. The van der Waals surface area contributed by atoms with Crippen LogP contribution in [0, 0.1) is 0 Å². The van der Waals surface area contributed by atoms with Gasteiger partial charge in [0.15, 0.2) is 0 Å². The number of hydrogen-bond acceptors (Lipinski definition) is 5. The van der Waals surface area contributed by atoms with Crippen LogP contribution < -0.4 is 4.90 Å². The normalized spacial score (nSPS) is 19.4. The lowest BCUT2D eigenvalue weighted by molar-refractivity contribution is 0.0972. The summed E-state index contributed by atoms with van der Waals surface area (Å²) in [6, 6.07) is 14.7. The number of carbonyl (C=O) groups is 1. The van der Waals surface area contributed by atoms with Gasteiger partial charge in [-0.1, -0.05) is 18.2 Å². The molecular formula is C23H27N5O2. The second kappa shape index (κ2) is 8.08. The predicted molar refractivity (Wildman–Crippen MR) is 116 cm³/mol. The molecule has 2 fully saturated rings. The van der Waals surface area contributed by atoms with Gasteiger partial charge in [0, 0.05) is 56.8 Å². The minimum Gasteiger partial charge on any atom is -0.447 e. The van der Waals surface area contributed by atoms with E-state index < -0.39 is 0 Å². The van der Waals surface area contributed by atoms with Crippen molar-refractivity contribution in [3.8, 4) is 0 Å². The number of aromatic nitrogens is 2. The van der Waals surface area contributed by atoms with Crippen LogP contribution in [0.1, 0.15) is 24.2 Å². The molecule has 1 amide bonds. The van der Waals surface area contributed by atoms with Crippen LogP contribution in [-0.2, 0) is 11.3 Å². The Morgan fingerprint density at radius 2 is 1.93 bits per heavy atom. The quantitative estimate of drug-likeness (QED) is 0.653. The molecule has 2 aromatic heterocycles. The second-order valence-electron chi connectivity index (χ2n) is 8.05. The summed E-state index contributed by atoms with van der Waals surface area (Å²) >= 11 is 0. The Hall–Kier alpha value is -2.90. The van der Waals surface area contributed by atoms with Gasteiger partial charge < -0.3 is 9.14 Å². The Morgan fingerprint density at radius 3 is 2.70 bits per heavy atom. The highest BCUT2D eigenvalue weighted by molar-refractivity contribution is 5.89. The molecule has 7 heteroatoms. The smallest absolute Gasteiger partial charge is 0.414 e. The zero-order valence-corrected chi connectivity index (χ0v) is 17.3. The van der Waals surface area contributed by atoms with Crippen LogP contribution in [-0.4, -0.2) is 64.6 Å². The molecule has 30 heavy (non-hydrogen) atoms. The van der Waals surface area contributed by atoms with Gasteiger partial charge in [0.05, 0.1) is 12.2 Å². The summed E-state index contributed by atoms with van der Waals surface area (Å²) in [5.41, 5.74) is 4.28. The number of fused-ring (bicyclic) bond motifs is 1. The number of piperazine rings is 1. The molecule has 3 aromatic rings. The lowest BCUT2D eigenvalue weighted by Gasteiger charge is -2.38. The van der Waals surface area contributed by atoms with Crippen LogP contribution in [0.3, 0.4) is 0 Å². The van der Waals surface area contributed by atoms with E-state index in [4.69, 9.17) is 9.72 Å². The summed E-state index contributed by atoms with van der Waals surface area (Å²) in [4.78, 5) is 23.3. The van der Waals surface area contributed by atoms with Crippen LogP contribution in [0.2, 0.25) is 0 Å². The third-order valence-corrected chi connectivity index (χ3v) is 6.18. The number of nitrogens with zero attached hydrogens (tertiary/aromatic N) is 5. The molecule has 0 radical (unpaired) electrons. The molecule has 0 bridgehead atoms. The molecule has 1 unspecified atom stereocenters. The number of imidazole rings is 1. The van der Waals surface area contributed by atoms with Crippen molar-refractivity contribution in [3.63, 3.8) is 0 Å². The van der Waals surface area contributed by atoms with E-state index in [1.165, 1.54) is 5.56 Å². The van der Waals surface area contributed by atoms with Gasteiger partial charge in [0.25, 0.3) is 0 Å². The van der Waals surface area contributed by atoms with Crippen LogP contribution in [0.15, 0.2) is 54.9 Å². The third-order valence-electron chi connectivity index (χ3n) is 6.18. The summed E-state index contributed by atoms with van der Waals surface area (Å²) in [5, 5.41) is 0. The molecule has 1 aromatic carbocycles. The number of ether oxygens (including phenoxy) is 1. The Morgan fingerprint density at radius 1 is 1.07 bits per heavy atom. The zero-order valence-electron chi connectivity index (χ0n) is 17.3. The maximum Gasteiger partial charge on any atom is 0.414 e. The minimum absolute atomic E-state index is 0.250. The average molecular weight is 406 g/mol. The molecule has 0 aliphatic carbocycles. The molecule has 0 spiro atoms. The number of cyclic esters (lactones) is 1. The number of pyridine rings is 1. The summed E-state index contributed by atoms with van der Waals surface area (Å²) in [7, 11) is 0. The van der Waals surface area contributed by atoms with Crippen molar-refractivity contribution in [1.82, 2.24) is 19.2 Å². The van der Waals surface area contributed by atoms with E-state index in [0.717, 1.165) is 49.8 Å². The second-order valence-corrected chi connectivity index (χ2v) is 8.05. The van der Waals surface area contributed by atoms with E-state index >= 15 is 0 Å². The van der Waals surface area contributed by atoms with E-state index in [1.54, 1.807) is 4.90 Å². The fourth-order valence-electron chi connectivity index (χ4n) is 4.39. The van der Waals surface area contributed by atoms with E-state index in [0.29, 0.717) is 19.2 Å². The number of benzene rings is 1. The minimum atomic E-state index is -0.250. The highest BCUT2D eigenvalue weighted by atomic mass is 16.6. The van der Waals surface area contributed by atoms with Gasteiger partial charge in [-0.2, -0.15) is 0 Å². The van der Waals surface area contributed by atoms with E-state index in [1.807, 2.05) is 36.5 Å². The van der Waals surface area contributed by atoms with Gasteiger partial charge in [0.1, 0.15) is 12.3 Å². The topological polar surface area (TPSA) is 53.3 Å². The third kappa shape index (κ3) is 3.78. The first-order valence-electron chi connectivity index (χ1n) is 10.6. The molecule has 5 rings (SSSR count). The molecule has 2 aliphatic heterocycles. The van der Waals surface area contributed by atoms with Gasteiger partial charge in [0.2, 0.25) is 0 Å². The van der Waals surface area contributed by atoms with E-state index in [2.05, 4.69) is 39.5 Å². The summed E-state index contributed by atoms with van der Waals surface area (Å²) in [6.07, 6.45) is 3.92. The Balaban J connectivity index is 1.20. The van der Waals surface area contributed by atoms with Gasteiger partial charge in [-0.05, 0) is 36.8 Å². The van der Waals surface area contributed by atoms with Crippen LogP contribution in [0.5, 0.6) is 0 Å². The van der Waals surface area contributed by atoms with Crippen LogP contribution in [0.4, 0.5) is 10.5 Å². The highest BCUT2D eigenvalue weighted by Gasteiger charge is 2.26.